The quantitative estimate of drug-likeness (QED) is 0.326. The zero-order valence-electron chi connectivity index (χ0n) is 19.6. The van der Waals surface area contributed by atoms with Gasteiger partial charge in [-0.15, -0.1) is 0 Å². The van der Waals surface area contributed by atoms with E-state index in [4.69, 9.17) is 4.98 Å². The molecule has 0 spiro atoms. The van der Waals surface area contributed by atoms with Gasteiger partial charge >= 0.3 is 0 Å². The van der Waals surface area contributed by atoms with Gasteiger partial charge in [0.15, 0.2) is 11.6 Å². The first kappa shape index (κ1) is 21.6. The molecule has 0 aliphatic carbocycles. The van der Waals surface area contributed by atoms with Gasteiger partial charge in [0.25, 0.3) is 0 Å². The van der Waals surface area contributed by atoms with Crippen LogP contribution in [0, 0.1) is 6.92 Å². The topological polar surface area (TPSA) is 143 Å². The van der Waals surface area contributed by atoms with Crippen molar-refractivity contribution >= 4 is 33.5 Å². The molecule has 0 atom stereocenters. The van der Waals surface area contributed by atoms with Crippen molar-refractivity contribution in [3.05, 3.63) is 61.2 Å². The van der Waals surface area contributed by atoms with Crippen molar-refractivity contribution in [2.24, 2.45) is 0 Å². The van der Waals surface area contributed by atoms with Gasteiger partial charge in [0, 0.05) is 36.0 Å². The summed E-state index contributed by atoms with van der Waals surface area (Å²) < 4.78 is 1.85. The molecule has 178 valence electrons. The van der Waals surface area contributed by atoms with Crippen LogP contribution >= 0.6 is 0 Å². The summed E-state index contributed by atoms with van der Waals surface area (Å²) in [6, 6.07) is 5.68. The lowest BCUT2D eigenvalue weighted by molar-refractivity contribution is -0.116. The lowest BCUT2D eigenvalue weighted by atomic mass is 10.1. The van der Waals surface area contributed by atoms with Crippen LogP contribution in [0.25, 0.3) is 50.5 Å². The van der Waals surface area contributed by atoms with Crippen molar-refractivity contribution in [3.8, 4) is 28.6 Å². The van der Waals surface area contributed by atoms with Gasteiger partial charge in [0.05, 0.1) is 40.5 Å². The number of carbonyl (C=O) groups excluding carboxylic acids is 1. The molecule has 6 heterocycles. The molecule has 0 bridgehead atoms. The average Bonchev–Trinajstić information content (AvgIpc) is 3.61. The highest BCUT2D eigenvalue weighted by molar-refractivity contribution is 5.96. The average molecular weight is 479 g/mol. The van der Waals surface area contributed by atoms with E-state index in [0.29, 0.717) is 35.1 Å². The SMILES string of the molecule is CCCC(=O)Nc1cncc(-c2cc3c(-c4nc5c(-n6cnc(C)c6)nccc5[nH]4)n[nH]c3cn2)c1. The van der Waals surface area contributed by atoms with Crippen molar-refractivity contribution in [1.82, 2.24) is 44.7 Å². The molecule has 0 radical (unpaired) electrons. The summed E-state index contributed by atoms with van der Waals surface area (Å²) >= 11 is 0. The van der Waals surface area contributed by atoms with E-state index >= 15 is 0 Å². The van der Waals surface area contributed by atoms with E-state index in [1.165, 1.54) is 0 Å². The minimum Gasteiger partial charge on any atom is -0.336 e. The predicted octanol–water partition coefficient (Wildman–Crippen LogP) is 4.19. The van der Waals surface area contributed by atoms with Gasteiger partial charge < -0.3 is 10.3 Å². The van der Waals surface area contributed by atoms with Gasteiger partial charge in [-0.2, -0.15) is 5.10 Å². The molecule has 0 unspecified atom stereocenters. The lowest BCUT2D eigenvalue weighted by Gasteiger charge is -2.06. The number of pyridine rings is 3. The molecule has 6 rings (SSSR count). The Morgan fingerprint density at radius 1 is 1.11 bits per heavy atom. The Hall–Kier alpha value is -4.93. The van der Waals surface area contributed by atoms with Crippen LogP contribution in [0.15, 0.2) is 55.5 Å². The van der Waals surface area contributed by atoms with E-state index in [9.17, 15) is 4.79 Å². The standard InChI is InChI=1S/C25H22N10O/c1-3-4-21(36)30-16-7-15(9-26-10-16)19-8-17-20(11-28-19)33-34-22(17)24-31-18-5-6-27-25(23(18)32-24)35-12-14(2)29-13-35/h5-13H,3-4H2,1-2H3,(H,30,36)(H,31,32)(H,33,34). The summed E-state index contributed by atoms with van der Waals surface area (Å²) in [7, 11) is 0. The Bertz CT molecular complexity index is 1730. The molecule has 6 aromatic heterocycles. The maximum atomic E-state index is 12.0. The molecule has 3 N–H and O–H groups in total. The number of hydrogen-bond acceptors (Lipinski definition) is 7. The number of hydrogen-bond donors (Lipinski definition) is 3. The molecule has 36 heavy (non-hydrogen) atoms. The number of anilines is 1. The van der Waals surface area contributed by atoms with Crippen molar-refractivity contribution in [2.75, 3.05) is 5.32 Å². The molecule has 6 aromatic rings. The second-order valence-corrected chi connectivity index (χ2v) is 8.49. The number of amides is 1. The molecule has 0 aromatic carbocycles. The Labute approximate surface area is 205 Å². The molecule has 11 nitrogen and oxygen atoms in total. The van der Waals surface area contributed by atoms with Crippen LogP contribution in [-0.2, 0) is 4.79 Å². The van der Waals surface area contributed by atoms with Gasteiger partial charge in [-0.25, -0.2) is 15.0 Å². The van der Waals surface area contributed by atoms with E-state index in [-0.39, 0.29) is 5.91 Å². The highest BCUT2D eigenvalue weighted by Crippen LogP contribution is 2.30. The summed E-state index contributed by atoms with van der Waals surface area (Å²) in [6.45, 7) is 3.90. The molecule has 1 amide bonds. The molecule has 0 saturated heterocycles. The molecule has 0 aliphatic heterocycles. The molecular formula is C25H22N10O. The maximum Gasteiger partial charge on any atom is 0.224 e. The largest absolute Gasteiger partial charge is 0.336 e. The third-order valence-corrected chi connectivity index (χ3v) is 5.80. The van der Waals surface area contributed by atoms with Crippen LogP contribution in [0.1, 0.15) is 25.5 Å². The van der Waals surface area contributed by atoms with Gasteiger partial charge in [0.2, 0.25) is 5.91 Å². The van der Waals surface area contributed by atoms with Gasteiger partial charge in [-0.1, -0.05) is 6.92 Å². The highest BCUT2D eigenvalue weighted by Gasteiger charge is 2.17. The molecule has 0 aliphatic rings. The second kappa shape index (κ2) is 8.69. The summed E-state index contributed by atoms with van der Waals surface area (Å²) in [5.41, 5.74) is 6.01. The smallest absolute Gasteiger partial charge is 0.224 e. The first-order valence-corrected chi connectivity index (χ1v) is 11.5. The Balaban J connectivity index is 1.40. The van der Waals surface area contributed by atoms with Crippen LogP contribution < -0.4 is 5.32 Å². The summed E-state index contributed by atoms with van der Waals surface area (Å²) in [6.07, 6.45) is 11.7. The Kier molecular flexibility index (Phi) is 5.21. The van der Waals surface area contributed by atoms with Crippen molar-refractivity contribution in [1.29, 1.82) is 0 Å². The number of imidazole rings is 2. The first-order chi connectivity index (χ1) is 17.6. The van der Waals surface area contributed by atoms with Gasteiger partial charge in [0.1, 0.15) is 17.5 Å². The van der Waals surface area contributed by atoms with Gasteiger partial charge in [-0.05, 0) is 31.5 Å². The molecule has 0 fully saturated rings. The summed E-state index contributed by atoms with van der Waals surface area (Å²) in [5.74, 6) is 1.26. The van der Waals surface area contributed by atoms with Crippen molar-refractivity contribution < 1.29 is 4.79 Å². The number of fused-ring (bicyclic) bond motifs is 2. The van der Waals surface area contributed by atoms with Crippen LogP contribution in [0.5, 0.6) is 0 Å². The predicted molar refractivity (Wildman–Crippen MR) is 135 cm³/mol. The van der Waals surface area contributed by atoms with Crippen molar-refractivity contribution in [3.63, 3.8) is 0 Å². The van der Waals surface area contributed by atoms with Crippen LogP contribution in [0.3, 0.4) is 0 Å². The number of nitrogens with one attached hydrogen (secondary N) is 3. The zero-order valence-corrected chi connectivity index (χ0v) is 19.6. The number of carbonyl (C=O) groups is 1. The van der Waals surface area contributed by atoms with E-state index in [2.05, 4.69) is 40.4 Å². The number of aromatic amines is 2. The Morgan fingerprint density at radius 2 is 2.03 bits per heavy atom. The second-order valence-electron chi connectivity index (χ2n) is 8.49. The number of H-pyrrole nitrogens is 2. The summed E-state index contributed by atoms with van der Waals surface area (Å²) in [4.78, 5) is 37.8. The maximum absolute atomic E-state index is 12.0. The highest BCUT2D eigenvalue weighted by atomic mass is 16.1. The van der Waals surface area contributed by atoms with Crippen LogP contribution in [-0.4, -0.2) is 50.6 Å². The van der Waals surface area contributed by atoms with E-state index in [1.54, 1.807) is 31.1 Å². The fourth-order valence-corrected chi connectivity index (χ4v) is 4.11. The monoisotopic (exact) mass is 478 g/mol. The zero-order chi connectivity index (χ0) is 24.6. The van der Waals surface area contributed by atoms with E-state index < -0.39 is 0 Å². The number of rotatable bonds is 6. The van der Waals surface area contributed by atoms with Gasteiger partial charge in [-0.3, -0.25) is 24.4 Å². The third-order valence-electron chi connectivity index (χ3n) is 5.80. The number of aromatic nitrogens is 9. The fourth-order valence-electron chi connectivity index (χ4n) is 4.11. The number of nitrogens with zero attached hydrogens (tertiary/aromatic N) is 7. The van der Waals surface area contributed by atoms with Crippen LogP contribution in [0.4, 0.5) is 5.69 Å². The Morgan fingerprint density at radius 3 is 2.86 bits per heavy atom. The lowest BCUT2D eigenvalue weighted by Crippen LogP contribution is -2.10. The van der Waals surface area contributed by atoms with Crippen molar-refractivity contribution in [2.45, 2.75) is 26.7 Å². The molecule has 11 heteroatoms. The summed E-state index contributed by atoms with van der Waals surface area (Å²) in [5, 5.41) is 11.3. The van der Waals surface area contributed by atoms with E-state index in [0.717, 1.165) is 39.6 Å². The van der Waals surface area contributed by atoms with Crippen LogP contribution in [0.2, 0.25) is 0 Å². The molecular weight excluding hydrogens is 456 g/mol. The number of aryl methyl sites for hydroxylation is 1. The minimum absolute atomic E-state index is 0.0402. The molecule has 0 saturated carbocycles. The fraction of sp³-hybridized carbons (Fsp3) is 0.160. The normalized spacial score (nSPS) is 11.4. The third kappa shape index (κ3) is 3.86. The minimum atomic E-state index is -0.0402. The first-order valence-electron chi connectivity index (χ1n) is 11.5. The van der Waals surface area contributed by atoms with E-state index in [1.807, 2.05) is 42.8 Å².